The van der Waals surface area contributed by atoms with Crippen molar-refractivity contribution >= 4 is 87.6 Å². The first kappa shape index (κ1) is 60.3. The van der Waals surface area contributed by atoms with Gasteiger partial charge in [-0.15, -0.1) is 0 Å². The van der Waals surface area contributed by atoms with Crippen LogP contribution in [0.4, 0.5) is 8.78 Å². The Hall–Kier alpha value is -7.31. The average Bonchev–Trinajstić information content (AvgIpc) is 3.16. The number of nitrogens with one attached hydrogen (secondary N) is 2. The summed E-state index contributed by atoms with van der Waals surface area (Å²) in [5.74, 6) is 3.12. The highest BCUT2D eigenvalue weighted by Crippen LogP contribution is 2.63. The Balaban J connectivity index is 0.846. The van der Waals surface area contributed by atoms with E-state index in [1.165, 1.54) is 39.0 Å². The molecule has 4 aliphatic heterocycles. The van der Waals surface area contributed by atoms with E-state index in [1.54, 1.807) is 36.2 Å². The van der Waals surface area contributed by atoms with Gasteiger partial charge in [0.15, 0.2) is 16.4 Å². The number of imide groups is 1. The minimum absolute atomic E-state index is 0.0266. The molecule has 19 nitrogen and oxygen atoms in total. The van der Waals surface area contributed by atoms with Crippen LogP contribution < -0.4 is 10.6 Å². The number of likely N-dealkylation sites (N-methyl/N-ethyl adjacent to an activating group) is 1. The number of carbonyl (C=O) groups excluding carboxylic acids is 8. The molecule has 83 heavy (non-hydrogen) atoms. The molecule has 5 heterocycles. The van der Waals surface area contributed by atoms with Crippen LogP contribution in [0.15, 0.2) is 77.3 Å². The van der Waals surface area contributed by atoms with Gasteiger partial charge in [-0.3, -0.25) is 48.2 Å². The minimum atomic E-state index is -5.63. The number of amides is 7. The molecular weight excluding hydrogens is 1110 g/mol. The second kappa shape index (κ2) is 25.7. The summed E-state index contributed by atoms with van der Waals surface area (Å²) in [6.45, 7) is 5.44. The van der Waals surface area contributed by atoms with Crippen molar-refractivity contribution in [2.75, 3.05) is 39.0 Å². The van der Waals surface area contributed by atoms with Crippen LogP contribution in [-0.2, 0) is 45.3 Å². The summed E-state index contributed by atoms with van der Waals surface area (Å²) in [5, 5.41) is 10.00. The third-order valence-electron chi connectivity index (χ3n) is 15.6. The molecule has 5 aromatic rings. The van der Waals surface area contributed by atoms with Crippen LogP contribution >= 0.6 is 19.4 Å². The van der Waals surface area contributed by atoms with Gasteiger partial charge in [-0.05, 0) is 110 Å². The number of hydrogen-bond acceptors (Lipinski definition) is 13. The van der Waals surface area contributed by atoms with E-state index in [0.29, 0.717) is 66.1 Å². The van der Waals surface area contributed by atoms with Crippen LogP contribution in [0.5, 0.6) is 0 Å². The number of aryl methyl sites for hydroxylation is 1. The number of hydrogen-bond donors (Lipinski definition) is 3. The smallest absolute Gasteiger partial charge is 0.355 e. The molecule has 9 rings (SSSR count). The highest BCUT2D eigenvalue weighted by Gasteiger charge is 2.53. The molecule has 3 N–H and O–H groups in total. The fourth-order valence-corrected chi connectivity index (χ4v) is 13.1. The summed E-state index contributed by atoms with van der Waals surface area (Å²) in [6.07, 6.45) is 5.48. The van der Waals surface area contributed by atoms with Crippen LogP contribution in [0.1, 0.15) is 138 Å². The van der Waals surface area contributed by atoms with Gasteiger partial charge >= 0.3 is 13.3 Å². The van der Waals surface area contributed by atoms with Crippen LogP contribution in [0.25, 0.3) is 21.7 Å². The Morgan fingerprint density at radius 2 is 1.76 bits per heavy atom. The van der Waals surface area contributed by atoms with Gasteiger partial charge < -0.3 is 38.9 Å². The summed E-state index contributed by atoms with van der Waals surface area (Å²) < 4.78 is 54.9. The van der Waals surface area contributed by atoms with Crippen molar-refractivity contribution in [1.82, 2.24) is 35.4 Å². The molecule has 23 heteroatoms. The van der Waals surface area contributed by atoms with Crippen LogP contribution in [0.2, 0.25) is 0 Å². The number of piperidine rings is 1. The van der Waals surface area contributed by atoms with E-state index >= 15 is 13.6 Å². The highest BCUT2D eigenvalue weighted by atomic mass is 32.2. The van der Waals surface area contributed by atoms with E-state index in [4.69, 9.17) is 9.05 Å². The zero-order valence-electron chi connectivity index (χ0n) is 46.6. The summed E-state index contributed by atoms with van der Waals surface area (Å²) in [5.41, 5.74) is -2.04. The fourth-order valence-electron chi connectivity index (χ4n) is 11.2. The van der Waals surface area contributed by atoms with Gasteiger partial charge in [0.25, 0.3) is 17.7 Å². The van der Waals surface area contributed by atoms with Crippen LogP contribution in [0.3, 0.4) is 0 Å². The molecular formula is C60H66F2N7O12PS. The van der Waals surface area contributed by atoms with Crippen LogP contribution in [-0.4, -0.2) is 139 Å². The third-order valence-corrected chi connectivity index (χ3v) is 18.0. The Kier molecular flexibility index (Phi) is 18.6. The molecule has 0 radical (unpaired) electrons. The Bertz CT molecular complexity index is 3510. The quantitative estimate of drug-likeness (QED) is 0.0306. The highest BCUT2D eigenvalue weighted by molar-refractivity contribution is 8.13. The van der Waals surface area contributed by atoms with E-state index < -0.39 is 73.2 Å². The van der Waals surface area contributed by atoms with Crippen LogP contribution in [0, 0.1) is 24.7 Å². The van der Waals surface area contributed by atoms with Gasteiger partial charge in [0, 0.05) is 80.0 Å². The molecule has 7 amide bonds. The van der Waals surface area contributed by atoms with Crippen molar-refractivity contribution in [3.63, 3.8) is 0 Å². The molecule has 4 aromatic carbocycles. The van der Waals surface area contributed by atoms with Crippen molar-refractivity contribution in [2.45, 2.75) is 128 Å². The first-order chi connectivity index (χ1) is 39.6. The monoisotopic (exact) mass is 1180 g/mol. The molecule has 2 unspecified atom stereocenters. The zero-order valence-corrected chi connectivity index (χ0v) is 48.3. The maximum atomic E-state index is 15.8. The first-order valence-corrected chi connectivity index (χ1v) is 30.5. The predicted molar refractivity (Wildman–Crippen MR) is 305 cm³/mol. The molecule has 4 aliphatic rings. The van der Waals surface area contributed by atoms with E-state index in [0.717, 1.165) is 54.3 Å². The van der Waals surface area contributed by atoms with E-state index in [-0.39, 0.29) is 90.0 Å². The number of halogens is 2. The molecule has 0 aliphatic carbocycles. The zero-order chi connectivity index (χ0) is 59.3. The van der Waals surface area contributed by atoms with E-state index in [2.05, 4.69) is 27.6 Å². The maximum Gasteiger partial charge on any atom is 0.401 e. The number of benzene rings is 4. The number of unbranched alkanes of at least 4 members (excludes halogenated alkanes) is 4. The molecule has 3 fully saturated rings. The molecule has 3 saturated heterocycles. The lowest BCUT2D eigenvalue weighted by Gasteiger charge is -2.39. The average molecular weight is 1180 g/mol. The minimum Gasteiger partial charge on any atom is -0.355 e. The lowest BCUT2D eigenvalue weighted by atomic mass is 10.0. The standard InChI is InChI=1S/C60H66F2N7O12PS/c1-36(2)30-52(71)83-29-28-80-82(78,79)60(61,62)42-19-18-38-16-17-40(32-41(38)33-42)54(72)63-47-35-67(59(77)53-45-31-37(3)15-23-50(45)81-65-53)27-25-43-20-21-49(69(43)57(47)75)58(76)66(4)26-10-8-6-5-7-9-12-39-13-11-14-44-46(39)34-68(56(44)74)48-22-24-51(70)64-55(48)73/h11,13-19,23,31-33,36,43,47-49H,5-8,10,20-22,24-30,34-35H2,1-4H3,(H,63,72)(H,78,79)(H,64,70,73)/t43-,47+,48?,49+/m1/s1. The second-order valence-electron chi connectivity index (χ2n) is 22.0. The number of fused-ring (bicyclic) bond motifs is 4. The Morgan fingerprint density at radius 1 is 0.976 bits per heavy atom. The summed E-state index contributed by atoms with van der Waals surface area (Å²) in [7, 11) is -3.94. The first-order valence-electron chi connectivity index (χ1n) is 28.0. The summed E-state index contributed by atoms with van der Waals surface area (Å²) in [4.78, 5) is 124. The number of carbonyl (C=O) groups is 8. The Morgan fingerprint density at radius 3 is 2.54 bits per heavy atom. The molecule has 0 bridgehead atoms. The predicted octanol–water partition coefficient (Wildman–Crippen LogP) is 8.07. The van der Waals surface area contributed by atoms with Crippen molar-refractivity contribution in [3.05, 3.63) is 112 Å². The van der Waals surface area contributed by atoms with Crippen molar-refractivity contribution in [2.24, 2.45) is 5.92 Å². The number of aromatic nitrogens is 1. The van der Waals surface area contributed by atoms with Gasteiger partial charge in [-0.1, -0.05) is 91.3 Å². The SMILES string of the molecule is Cc1ccc2onc(C(=O)N3CC[C@H]4CC[C@@H](C(=O)N(C)CCCCCCC#Cc5cccc6c5CN(C5CCC(=O)NC5=O)C6=O)N4C(=O)[C@@H](NC(=O)c4ccc5ccc(C(F)(F)P(=O)(O)OCCSC(=O)CC(C)C)cc5c4)C3)c2c1. The Labute approximate surface area is 483 Å². The molecule has 1 aromatic heterocycles. The lowest BCUT2D eigenvalue weighted by molar-refractivity contribution is -0.146. The van der Waals surface area contributed by atoms with Gasteiger partial charge in [0.05, 0.1) is 18.5 Å². The largest absolute Gasteiger partial charge is 0.401 e. The second-order valence-corrected chi connectivity index (χ2v) is 25.0. The number of alkyl halides is 2. The molecule has 0 spiro atoms. The van der Waals surface area contributed by atoms with E-state index in [9.17, 15) is 43.0 Å². The number of rotatable bonds is 19. The third kappa shape index (κ3) is 13.4. The maximum absolute atomic E-state index is 15.8. The summed E-state index contributed by atoms with van der Waals surface area (Å²) >= 11 is 0.826. The molecule has 438 valence electrons. The lowest BCUT2D eigenvalue weighted by Crippen LogP contribution is -2.61. The van der Waals surface area contributed by atoms with Crippen molar-refractivity contribution < 1.29 is 65.6 Å². The fraction of sp³-hybridized carbons (Fsp3) is 0.450. The van der Waals surface area contributed by atoms with Gasteiger partial charge in [-0.25, -0.2) is 0 Å². The van der Waals surface area contributed by atoms with Crippen molar-refractivity contribution in [1.29, 1.82) is 0 Å². The number of thioether (sulfide) groups is 1. The van der Waals surface area contributed by atoms with E-state index in [1.807, 2.05) is 32.9 Å². The normalized spacial score (nSPS) is 19.9. The number of nitrogens with zero attached hydrogens (tertiary/aromatic N) is 5. The molecule has 5 atom stereocenters. The topological polar surface area (TPSA) is 246 Å². The van der Waals surface area contributed by atoms with Gasteiger partial charge in [0.1, 0.15) is 18.1 Å². The summed E-state index contributed by atoms with van der Waals surface area (Å²) in [6, 6.07) is 14.7. The van der Waals surface area contributed by atoms with Gasteiger partial charge in [-0.2, -0.15) is 8.78 Å². The molecule has 0 saturated carbocycles. The van der Waals surface area contributed by atoms with Gasteiger partial charge in [0.2, 0.25) is 23.6 Å². The van der Waals surface area contributed by atoms with Crippen molar-refractivity contribution in [3.8, 4) is 11.8 Å².